The van der Waals surface area contributed by atoms with Crippen molar-refractivity contribution in [1.82, 2.24) is 20.3 Å². The standard InChI is InChI=1S/C11H10FIN4O/c12-8-1-2-9(10(13)7-8)11(18)14-3-5-17-6-4-15-16-17/h1-2,4,6-7H,3,5H2,(H,14,18). The summed E-state index contributed by atoms with van der Waals surface area (Å²) in [6.07, 6.45) is 3.29. The molecule has 2 aromatic rings. The molecule has 0 saturated heterocycles. The van der Waals surface area contributed by atoms with Crippen LogP contribution in [0.1, 0.15) is 10.4 Å². The maximum absolute atomic E-state index is 12.9. The number of aromatic nitrogens is 3. The molecule has 2 rings (SSSR count). The molecule has 0 aliphatic rings. The molecule has 0 radical (unpaired) electrons. The second kappa shape index (κ2) is 5.89. The Balaban J connectivity index is 1.91. The van der Waals surface area contributed by atoms with Gasteiger partial charge in [0.25, 0.3) is 5.91 Å². The zero-order chi connectivity index (χ0) is 13.0. The fourth-order valence-electron chi connectivity index (χ4n) is 1.40. The molecule has 7 heteroatoms. The Hall–Kier alpha value is -1.51. The van der Waals surface area contributed by atoms with Crippen molar-refractivity contribution in [2.24, 2.45) is 0 Å². The van der Waals surface area contributed by atoms with Gasteiger partial charge in [-0.25, -0.2) is 4.39 Å². The van der Waals surface area contributed by atoms with Crippen LogP contribution in [-0.2, 0) is 6.54 Å². The van der Waals surface area contributed by atoms with Crippen molar-refractivity contribution in [3.63, 3.8) is 0 Å². The van der Waals surface area contributed by atoms with Crippen LogP contribution < -0.4 is 5.32 Å². The van der Waals surface area contributed by atoms with E-state index in [4.69, 9.17) is 0 Å². The summed E-state index contributed by atoms with van der Waals surface area (Å²) in [4.78, 5) is 11.8. The van der Waals surface area contributed by atoms with Crippen molar-refractivity contribution in [1.29, 1.82) is 0 Å². The zero-order valence-electron chi connectivity index (χ0n) is 9.31. The van der Waals surface area contributed by atoms with Crippen LogP contribution in [0, 0.1) is 9.39 Å². The second-order valence-corrected chi connectivity index (χ2v) is 4.71. The highest BCUT2D eigenvalue weighted by Gasteiger charge is 2.09. The van der Waals surface area contributed by atoms with Gasteiger partial charge in [0, 0.05) is 16.3 Å². The molecule has 0 aliphatic heterocycles. The number of halogens is 2. The number of benzene rings is 1. The van der Waals surface area contributed by atoms with Crippen LogP contribution in [0.2, 0.25) is 0 Å². The fourth-order valence-corrected chi connectivity index (χ4v) is 2.13. The van der Waals surface area contributed by atoms with Gasteiger partial charge in [0.2, 0.25) is 0 Å². The lowest BCUT2D eigenvalue weighted by molar-refractivity contribution is 0.0951. The number of hydrogen-bond donors (Lipinski definition) is 1. The fraction of sp³-hybridized carbons (Fsp3) is 0.182. The van der Waals surface area contributed by atoms with Gasteiger partial charge in [0.15, 0.2) is 0 Å². The van der Waals surface area contributed by atoms with E-state index in [2.05, 4.69) is 15.6 Å². The largest absolute Gasteiger partial charge is 0.350 e. The quantitative estimate of drug-likeness (QED) is 0.840. The first kappa shape index (κ1) is 12.9. The van der Waals surface area contributed by atoms with Gasteiger partial charge < -0.3 is 5.32 Å². The maximum Gasteiger partial charge on any atom is 0.252 e. The van der Waals surface area contributed by atoms with Crippen LogP contribution in [0.15, 0.2) is 30.6 Å². The first-order chi connectivity index (χ1) is 8.66. The second-order valence-electron chi connectivity index (χ2n) is 3.55. The highest BCUT2D eigenvalue weighted by Crippen LogP contribution is 2.13. The Morgan fingerprint density at radius 2 is 2.33 bits per heavy atom. The zero-order valence-corrected chi connectivity index (χ0v) is 11.5. The van der Waals surface area contributed by atoms with Crippen molar-refractivity contribution < 1.29 is 9.18 Å². The summed E-state index contributed by atoms with van der Waals surface area (Å²) in [5.74, 6) is -0.571. The van der Waals surface area contributed by atoms with E-state index < -0.39 is 0 Å². The van der Waals surface area contributed by atoms with Gasteiger partial charge in [-0.15, -0.1) is 5.10 Å². The van der Waals surface area contributed by atoms with Crippen LogP contribution in [0.5, 0.6) is 0 Å². The summed E-state index contributed by atoms with van der Waals surface area (Å²) in [7, 11) is 0. The molecule has 0 spiro atoms. The highest BCUT2D eigenvalue weighted by molar-refractivity contribution is 14.1. The molecule has 1 amide bonds. The predicted octanol–water partition coefficient (Wildman–Crippen LogP) is 1.45. The van der Waals surface area contributed by atoms with Gasteiger partial charge in [0.1, 0.15) is 5.82 Å². The van der Waals surface area contributed by atoms with Crippen LogP contribution in [0.4, 0.5) is 4.39 Å². The third kappa shape index (κ3) is 3.25. The third-order valence-electron chi connectivity index (χ3n) is 2.27. The van der Waals surface area contributed by atoms with Crippen molar-refractivity contribution in [2.45, 2.75) is 6.54 Å². The summed E-state index contributed by atoms with van der Waals surface area (Å²) < 4.78 is 15.1. The molecule has 94 valence electrons. The number of hydrogen-bond acceptors (Lipinski definition) is 3. The number of rotatable bonds is 4. The Morgan fingerprint density at radius 1 is 1.50 bits per heavy atom. The highest BCUT2D eigenvalue weighted by atomic mass is 127. The Kier molecular flexibility index (Phi) is 4.24. The van der Waals surface area contributed by atoms with Crippen LogP contribution in [0.25, 0.3) is 0 Å². The molecule has 1 heterocycles. The number of amides is 1. The number of nitrogens with zero attached hydrogens (tertiary/aromatic N) is 3. The molecular weight excluding hydrogens is 350 g/mol. The van der Waals surface area contributed by atoms with E-state index in [0.717, 1.165) is 0 Å². The van der Waals surface area contributed by atoms with Crippen molar-refractivity contribution >= 4 is 28.5 Å². The molecule has 0 fully saturated rings. The van der Waals surface area contributed by atoms with E-state index in [9.17, 15) is 9.18 Å². The normalized spacial score (nSPS) is 10.3. The monoisotopic (exact) mass is 360 g/mol. The lowest BCUT2D eigenvalue weighted by Gasteiger charge is -2.06. The molecule has 0 aliphatic carbocycles. The van der Waals surface area contributed by atoms with Crippen molar-refractivity contribution in [3.05, 3.63) is 45.5 Å². The molecule has 1 aromatic carbocycles. The van der Waals surface area contributed by atoms with E-state index >= 15 is 0 Å². The first-order valence-corrected chi connectivity index (χ1v) is 6.32. The van der Waals surface area contributed by atoms with Crippen molar-refractivity contribution in [2.75, 3.05) is 6.54 Å². The van der Waals surface area contributed by atoms with E-state index in [1.807, 2.05) is 22.6 Å². The summed E-state index contributed by atoms with van der Waals surface area (Å²) >= 11 is 1.94. The molecule has 0 unspecified atom stereocenters. The molecular formula is C11H10FIN4O. The minimum atomic E-state index is -0.349. The van der Waals surface area contributed by atoms with Crippen molar-refractivity contribution in [3.8, 4) is 0 Å². The molecule has 5 nitrogen and oxygen atoms in total. The molecule has 1 N–H and O–H groups in total. The smallest absolute Gasteiger partial charge is 0.252 e. The summed E-state index contributed by atoms with van der Waals surface area (Å²) in [6.45, 7) is 0.985. The van der Waals surface area contributed by atoms with Crippen LogP contribution >= 0.6 is 22.6 Å². The Bertz CT molecular complexity index is 544. The number of nitrogens with one attached hydrogen (secondary N) is 1. The number of carbonyl (C=O) groups is 1. The molecule has 0 atom stereocenters. The molecule has 18 heavy (non-hydrogen) atoms. The van der Waals surface area contributed by atoms with Crippen LogP contribution in [0.3, 0.4) is 0 Å². The SMILES string of the molecule is O=C(NCCn1ccnn1)c1ccc(F)cc1I. The van der Waals surface area contributed by atoms with Crippen LogP contribution in [-0.4, -0.2) is 27.4 Å². The maximum atomic E-state index is 12.9. The molecule has 1 aromatic heterocycles. The van der Waals surface area contributed by atoms with Gasteiger partial charge in [-0.1, -0.05) is 5.21 Å². The first-order valence-electron chi connectivity index (χ1n) is 5.24. The predicted molar refractivity (Wildman–Crippen MR) is 71.5 cm³/mol. The van der Waals surface area contributed by atoms with E-state index in [1.165, 1.54) is 18.2 Å². The van der Waals surface area contributed by atoms with E-state index in [0.29, 0.717) is 22.2 Å². The summed E-state index contributed by atoms with van der Waals surface area (Å²) in [5, 5.41) is 10.2. The topological polar surface area (TPSA) is 59.8 Å². The lowest BCUT2D eigenvalue weighted by atomic mass is 10.2. The van der Waals surface area contributed by atoms with E-state index in [1.54, 1.807) is 17.1 Å². The number of carbonyl (C=O) groups excluding carboxylic acids is 1. The Morgan fingerprint density at radius 3 is 3.00 bits per heavy atom. The molecule has 0 saturated carbocycles. The average Bonchev–Trinajstić information content (AvgIpc) is 2.81. The summed E-state index contributed by atoms with van der Waals surface area (Å²) in [5.41, 5.74) is 0.468. The molecule has 0 bridgehead atoms. The average molecular weight is 360 g/mol. The lowest BCUT2D eigenvalue weighted by Crippen LogP contribution is -2.28. The minimum absolute atomic E-state index is 0.223. The van der Waals surface area contributed by atoms with Gasteiger partial charge in [-0.05, 0) is 40.8 Å². The van der Waals surface area contributed by atoms with Gasteiger partial charge in [0.05, 0.1) is 18.3 Å². The van der Waals surface area contributed by atoms with E-state index in [-0.39, 0.29) is 11.7 Å². The third-order valence-corrected chi connectivity index (χ3v) is 3.17. The van der Waals surface area contributed by atoms with Gasteiger partial charge >= 0.3 is 0 Å². The van der Waals surface area contributed by atoms with Gasteiger partial charge in [-0.3, -0.25) is 9.48 Å². The minimum Gasteiger partial charge on any atom is -0.350 e. The summed E-state index contributed by atoms with van der Waals surface area (Å²) in [6, 6.07) is 4.07. The Labute approximate surface area is 117 Å². The van der Waals surface area contributed by atoms with Gasteiger partial charge in [-0.2, -0.15) is 0 Å².